The van der Waals surface area contributed by atoms with E-state index in [0.717, 1.165) is 29.5 Å². The van der Waals surface area contributed by atoms with Gasteiger partial charge in [-0.25, -0.2) is 9.48 Å². The van der Waals surface area contributed by atoms with Crippen LogP contribution < -0.4 is 16.6 Å². The number of allylic oxidation sites excluding steroid dienone is 2. The zero-order chi connectivity index (χ0) is 28.4. The molecule has 9 heteroatoms. The fourth-order valence-corrected chi connectivity index (χ4v) is 5.44. The zero-order valence-electron chi connectivity index (χ0n) is 23.5. The van der Waals surface area contributed by atoms with E-state index in [9.17, 15) is 14.4 Å². The number of hydrogen-bond donors (Lipinski definition) is 2. The summed E-state index contributed by atoms with van der Waals surface area (Å²) in [4.78, 5) is 40.1. The number of nitrogens with two attached hydrogens (primary N) is 1. The second-order valence-electron chi connectivity index (χ2n) is 11.7. The topological polar surface area (TPSA) is 120 Å². The van der Waals surface area contributed by atoms with E-state index in [-0.39, 0.29) is 17.0 Å². The number of likely N-dealkylation sites (N-methyl/N-ethyl adjacent to an activating group) is 1. The summed E-state index contributed by atoms with van der Waals surface area (Å²) in [6, 6.07) is 9.64. The van der Waals surface area contributed by atoms with Crippen molar-refractivity contribution < 1.29 is 14.3 Å². The smallest absolute Gasteiger partial charge is 0.407 e. The standard InChI is InChI=1S/C30H39N5O4/c1-20-8-6-10-22(16-20)30(19-32-28(38)39-29(2,3)4)13-11-23(12-14-30)35-27(37)24(26(31)36)17-25(33-35)21-9-7-15-34(5)18-21/h6-10,15-17,23H,11-14,18-19H2,1-5H3,(H2,31,36)(H,32,38). The molecule has 1 fully saturated rings. The number of carbonyl (C=O) groups is 2. The minimum Gasteiger partial charge on any atom is -0.444 e. The van der Waals surface area contributed by atoms with E-state index in [1.165, 1.54) is 10.7 Å². The Bertz CT molecular complexity index is 1360. The molecular formula is C30H39N5O4. The number of benzene rings is 1. The van der Waals surface area contributed by atoms with Crippen molar-refractivity contribution in [1.29, 1.82) is 0 Å². The largest absolute Gasteiger partial charge is 0.444 e. The molecule has 2 aromatic rings. The molecule has 0 atom stereocenters. The van der Waals surface area contributed by atoms with Crippen LogP contribution in [0.5, 0.6) is 0 Å². The number of rotatable bonds is 6. The molecule has 1 aromatic carbocycles. The molecule has 208 valence electrons. The average molecular weight is 534 g/mol. The van der Waals surface area contributed by atoms with Gasteiger partial charge in [0.25, 0.3) is 11.5 Å². The number of carbonyl (C=O) groups excluding carboxylic acids is 2. The summed E-state index contributed by atoms with van der Waals surface area (Å²) in [7, 11) is 1.95. The van der Waals surface area contributed by atoms with E-state index in [2.05, 4.69) is 30.4 Å². The lowest BCUT2D eigenvalue weighted by Crippen LogP contribution is -2.46. The maximum Gasteiger partial charge on any atom is 0.407 e. The molecule has 0 unspecified atom stereocenters. The SMILES string of the molecule is Cc1cccc(C2(CNC(=O)OC(C)(C)C)CCC(n3nc(C4=CC=CN(C)C4)cc(C(N)=O)c3=O)CC2)c1. The number of hydrogen-bond acceptors (Lipinski definition) is 6. The number of primary amides is 1. The van der Waals surface area contributed by atoms with Gasteiger partial charge in [-0.3, -0.25) is 9.59 Å². The Kier molecular flexibility index (Phi) is 7.99. The van der Waals surface area contributed by atoms with Gasteiger partial charge >= 0.3 is 6.09 Å². The number of aryl methyl sites for hydroxylation is 1. The Morgan fingerprint density at radius 3 is 2.54 bits per heavy atom. The van der Waals surface area contributed by atoms with E-state index in [0.29, 0.717) is 31.6 Å². The second-order valence-corrected chi connectivity index (χ2v) is 11.7. The van der Waals surface area contributed by atoms with Gasteiger partial charge in [0.2, 0.25) is 0 Å². The highest BCUT2D eigenvalue weighted by Gasteiger charge is 2.39. The molecule has 2 aliphatic rings. The fourth-order valence-electron chi connectivity index (χ4n) is 5.44. The number of ether oxygens (including phenoxy) is 1. The first kappa shape index (κ1) is 28.1. The molecular weight excluding hydrogens is 494 g/mol. The molecule has 0 radical (unpaired) electrons. The molecule has 2 heterocycles. The third-order valence-corrected chi connectivity index (χ3v) is 7.45. The van der Waals surface area contributed by atoms with Crippen LogP contribution in [0.2, 0.25) is 0 Å². The lowest BCUT2D eigenvalue weighted by atomic mass is 9.68. The van der Waals surface area contributed by atoms with Gasteiger partial charge in [-0.15, -0.1) is 0 Å². The molecule has 3 N–H and O–H groups in total. The Balaban J connectivity index is 1.63. The molecule has 9 nitrogen and oxygen atoms in total. The summed E-state index contributed by atoms with van der Waals surface area (Å²) in [5.41, 5.74) is 7.93. The zero-order valence-corrected chi connectivity index (χ0v) is 23.5. The Labute approximate surface area is 229 Å². The maximum atomic E-state index is 13.3. The molecule has 1 aliphatic carbocycles. The molecule has 1 aromatic heterocycles. The van der Waals surface area contributed by atoms with Crippen LogP contribution in [0.1, 0.15) is 79.7 Å². The summed E-state index contributed by atoms with van der Waals surface area (Å²) >= 11 is 0. The van der Waals surface area contributed by atoms with Crippen LogP contribution in [-0.2, 0) is 10.2 Å². The lowest BCUT2D eigenvalue weighted by molar-refractivity contribution is 0.0504. The number of amides is 2. The lowest BCUT2D eigenvalue weighted by Gasteiger charge is -2.41. The van der Waals surface area contributed by atoms with Gasteiger partial charge in [-0.2, -0.15) is 5.10 Å². The Morgan fingerprint density at radius 1 is 1.21 bits per heavy atom. The summed E-state index contributed by atoms with van der Waals surface area (Å²) in [5.74, 6) is -0.760. The van der Waals surface area contributed by atoms with Gasteiger partial charge in [-0.1, -0.05) is 35.9 Å². The third kappa shape index (κ3) is 6.58. The highest BCUT2D eigenvalue weighted by atomic mass is 16.6. The molecule has 1 aliphatic heterocycles. The van der Waals surface area contributed by atoms with E-state index >= 15 is 0 Å². The Morgan fingerprint density at radius 2 is 1.92 bits per heavy atom. The van der Waals surface area contributed by atoms with Gasteiger partial charge in [0.05, 0.1) is 11.7 Å². The second kappa shape index (κ2) is 11.1. The van der Waals surface area contributed by atoms with Crippen LogP contribution in [0.15, 0.2) is 53.5 Å². The van der Waals surface area contributed by atoms with Crippen LogP contribution in [0.25, 0.3) is 5.57 Å². The summed E-state index contributed by atoms with van der Waals surface area (Å²) in [6.45, 7) is 8.59. The van der Waals surface area contributed by atoms with Crippen molar-refractivity contribution in [1.82, 2.24) is 20.0 Å². The van der Waals surface area contributed by atoms with Crippen molar-refractivity contribution in [2.24, 2.45) is 5.73 Å². The maximum absolute atomic E-state index is 13.3. The van der Waals surface area contributed by atoms with E-state index in [4.69, 9.17) is 15.6 Å². The summed E-state index contributed by atoms with van der Waals surface area (Å²) < 4.78 is 6.95. The first-order valence-electron chi connectivity index (χ1n) is 13.4. The van der Waals surface area contributed by atoms with E-state index in [1.807, 2.05) is 57.1 Å². The highest BCUT2D eigenvalue weighted by molar-refractivity contribution is 5.93. The monoisotopic (exact) mass is 533 g/mol. The van der Waals surface area contributed by atoms with Gasteiger partial charge in [0, 0.05) is 25.6 Å². The minimum absolute atomic E-state index is 0.0554. The first-order chi connectivity index (χ1) is 18.4. The van der Waals surface area contributed by atoms with Crippen LogP contribution in [-0.4, -0.2) is 52.4 Å². The fraction of sp³-hybridized carbons (Fsp3) is 0.467. The molecule has 2 amide bonds. The summed E-state index contributed by atoms with van der Waals surface area (Å²) in [5, 5.41) is 7.71. The normalized spacial score (nSPS) is 21.3. The van der Waals surface area contributed by atoms with Crippen LogP contribution in [0.3, 0.4) is 0 Å². The van der Waals surface area contributed by atoms with Gasteiger partial charge in [0.15, 0.2) is 0 Å². The van der Waals surface area contributed by atoms with Gasteiger partial charge in [-0.05, 0) is 82.9 Å². The number of nitrogens with zero attached hydrogens (tertiary/aromatic N) is 3. The number of nitrogens with one attached hydrogen (secondary N) is 1. The van der Waals surface area contributed by atoms with Crippen molar-refractivity contribution in [3.8, 4) is 0 Å². The van der Waals surface area contributed by atoms with Crippen molar-refractivity contribution in [3.63, 3.8) is 0 Å². The van der Waals surface area contributed by atoms with Gasteiger partial charge < -0.3 is 20.7 Å². The molecule has 4 rings (SSSR count). The van der Waals surface area contributed by atoms with Crippen LogP contribution in [0, 0.1) is 6.92 Å². The summed E-state index contributed by atoms with van der Waals surface area (Å²) in [6.07, 6.45) is 8.08. The molecule has 39 heavy (non-hydrogen) atoms. The molecule has 1 saturated carbocycles. The van der Waals surface area contributed by atoms with Gasteiger partial charge in [0.1, 0.15) is 11.2 Å². The van der Waals surface area contributed by atoms with E-state index in [1.54, 1.807) is 0 Å². The van der Waals surface area contributed by atoms with Crippen LogP contribution >= 0.6 is 0 Å². The van der Waals surface area contributed by atoms with Crippen molar-refractivity contribution in [3.05, 3.63) is 81.4 Å². The van der Waals surface area contributed by atoms with E-state index < -0.39 is 23.2 Å². The first-order valence-corrected chi connectivity index (χ1v) is 13.4. The number of aromatic nitrogens is 2. The predicted molar refractivity (Wildman–Crippen MR) is 151 cm³/mol. The highest BCUT2D eigenvalue weighted by Crippen LogP contribution is 2.43. The van der Waals surface area contributed by atoms with Crippen molar-refractivity contribution >= 4 is 17.6 Å². The molecule has 0 bridgehead atoms. The quantitative estimate of drug-likeness (QED) is 0.578. The Hall–Kier alpha value is -3.88. The molecule has 0 spiro atoms. The minimum atomic E-state index is -0.760. The third-order valence-electron chi connectivity index (χ3n) is 7.45. The predicted octanol–water partition coefficient (Wildman–Crippen LogP) is 4.07. The van der Waals surface area contributed by atoms with Crippen molar-refractivity contribution in [2.45, 2.75) is 70.4 Å². The van der Waals surface area contributed by atoms with Crippen molar-refractivity contribution in [2.75, 3.05) is 20.1 Å². The molecule has 0 saturated heterocycles. The van der Waals surface area contributed by atoms with Crippen LogP contribution in [0.4, 0.5) is 4.79 Å². The number of alkyl carbamates (subject to hydrolysis) is 1. The average Bonchev–Trinajstić information content (AvgIpc) is 2.87.